The van der Waals surface area contributed by atoms with Crippen LogP contribution in [0.3, 0.4) is 0 Å². The molecule has 0 saturated carbocycles. The molecule has 1 aliphatic heterocycles. The van der Waals surface area contributed by atoms with Crippen LogP contribution in [0, 0.1) is 0 Å². The maximum absolute atomic E-state index is 11.5. The standard InChI is InChI=1S/C10H16N2O4S/c1-7(13)11-8(10(15)16)5-17-6-9(14)12-3-2-4-12/h8H,2-6H2,1H3,(H,11,13)(H,15,16)/t8-/m0/s1. The minimum atomic E-state index is -1.08. The van der Waals surface area contributed by atoms with Gasteiger partial charge in [0, 0.05) is 25.8 Å². The lowest BCUT2D eigenvalue weighted by molar-refractivity contribution is -0.140. The fourth-order valence-corrected chi connectivity index (χ4v) is 2.28. The molecule has 0 spiro atoms. The molecule has 0 aliphatic carbocycles. The van der Waals surface area contributed by atoms with Crippen molar-refractivity contribution in [3.63, 3.8) is 0 Å². The topological polar surface area (TPSA) is 86.7 Å². The average molecular weight is 260 g/mol. The van der Waals surface area contributed by atoms with Gasteiger partial charge in [-0.15, -0.1) is 11.8 Å². The number of nitrogens with one attached hydrogen (secondary N) is 1. The molecule has 2 amide bonds. The van der Waals surface area contributed by atoms with Crippen molar-refractivity contribution < 1.29 is 19.5 Å². The highest BCUT2D eigenvalue weighted by atomic mass is 32.2. The first-order valence-corrected chi connectivity index (χ1v) is 6.51. The molecule has 17 heavy (non-hydrogen) atoms. The van der Waals surface area contributed by atoms with Crippen LogP contribution in [0.15, 0.2) is 0 Å². The van der Waals surface area contributed by atoms with E-state index in [1.807, 2.05) is 0 Å². The number of carboxylic acid groups (broad SMARTS) is 1. The summed E-state index contributed by atoms with van der Waals surface area (Å²) in [6.07, 6.45) is 1.04. The molecule has 0 radical (unpaired) electrons. The third kappa shape index (κ3) is 4.64. The van der Waals surface area contributed by atoms with E-state index in [1.54, 1.807) is 4.90 Å². The van der Waals surface area contributed by atoms with Crippen molar-refractivity contribution in [3.8, 4) is 0 Å². The maximum atomic E-state index is 11.5. The van der Waals surface area contributed by atoms with Gasteiger partial charge in [-0.2, -0.15) is 0 Å². The Hall–Kier alpha value is -1.24. The number of hydrogen-bond acceptors (Lipinski definition) is 4. The van der Waals surface area contributed by atoms with E-state index in [0.29, 0.717) is 0 Å². The molecule has 1 rings (SSSR count). The van der Waals surface area contributed by atoms with Gasteiger partial charge in [0.15, 0.2) is 0 Å². The fraction of sp³-hybridized carbons (Fsp3) is 0.700. The number of carbonyl (C=O) groups is 3. The first-order chi connectivity index (χ1) is 8.00. The Labute approximate surface area is 104 Å². The Bertz CT molecular complexity index is 317. The summed E-state index contributed by atoms with van der Waals surface area (Å²) in [5.74, 6) is -0.956. The van der Waals surface area contributed by atoms with Gasteiger partial charge in [0.25, 0.3) is 0 Å². The van der Waals surface area contributed by atoms with Crippen LogP contribution in [0.5, 0.6) is 0 Å². The Morgan fingerprint density at radius 1 is 1.41 bits per heavy atom. The van der Waals surface area contributed by atoms with Gasteiger partial charge in [-0.1, -0.05) is 0 Å². The summed E-state index contributed by atoms with van der Waals surface area (Å²) in [5.41, 5.74) is 0. The predicted molar refractivity (Wildman–Crippen MR) is 63.8 cm³/mol. The molecule has 96 valence electrons. The number of nitrogens with zero attached hydrogens (tertiary/aromatic N) is 1. The van der Waals surface area contributed by atoms with E-state index >= 15 is 0 Å². The number of aliphatic carboxylic acids is 1. The van der Waals surface area contributed by atoms with E-state index in [4.69, 9.17) is 5.11 Å². The molecule has 6 nitrogen and oxygen atoms in total. The van der Waals surface area contributed by atoms with Crippen molar-refractivity contribution in [3.05, 3.63) is 0 Å². The van der Waals surface area contributed by atoms with Crippen LogP contribution in [0.4, 0.5) is 0 Å². The van der Waals surface area contributed by atoms with Gasteiger partial charge in [-0.05, 0) is 6.42 Å². The lowest BCUT2D eigenvalue weighted by Gasteiger charge is -2.30. The highest BCUT2D eigenvalue weighted by molar-refractivity contribution is 8.00. The second-order valence-corrected chi connectivity index (χ2v) is 4.87. The van der Waals surface area contributed by atoms with Crippen molar-refractivity contribution >= 4 is 29.5 Å². The number of rotatable bonds is 6. The van der Waals surface area contributed by atoms with Crippen molar-refractivity contribution in [2.24, 2.45) is 0 Å². The second kappa shape index (κ2) is 6.48. The Kier molecular flexibility index (Phi) is 5.27. The van der Waals surface area contributed by atoms with Gasteiger partial charge in [0.1, 0.15) is 6.04 Å². The maximum Gasteiger partial charge on any atom is 0.327 e. The number of carbonyl (C=O) groups excluding carboxylic acids is 2. The van der Waals surface area contributed by atoms with E-state index in [0.717, 1.165) is 19.5 Å². The normalized spacial score (nSPS) is 15.9. The summed E-state index contributed by atoms with van der Waals surface area (Å²) < 4.78 is 0. The highest BCUT2D eigenvalue weighted by Gasteiger charge is 2.22. The third-order valence-electron chi connectivity index (χ3n) is 2.39. The van der Waals surface area contributed by atoms with Gasteiger partial charge in [-0.3, -0.25) is 9.59 Å². The SMILES string of the molecule is CC(=O)N[C@@H](CSCC(=O)N1CCC1)C(=O)O. The number of carboxylic acids is 1. The van der Waals surface area contributed by atoms with Crippen LogP contribution < -0.4 is 5.32 Å². The molecule has 1 fully saturated rings. The average Bonchev–Trinajstić information content (AvgIpc) is 2.12. The molecule has 7 heteroatoms. The summed E-state index contributed by atoms with van der Waals surface area (Å²) in [5, 5.41) is 11.2. The first kappa shape index (κ1) is 13.8. The van der Waals surface area contributed by atoms with E-state index < -0.39 is 12.0 Å². The van der Waals surface area contributed by atoms with Gasteiger partial charge in [-0.25, -0.2) is 4.79 Å². The van der Waals surface area contributed by atoms with E-state index in [2.05, 4.69) is 5.32 Å². The van der Waals surface area contributed by atoms with Crippen molar-refractivity contribution in [1.29, 1.82) is 0 Å². The molecule has 1 heterocycles. The molecule has 0 bridgehead atoms. The quantitative estimate of drug-likeness (QED) is 0.675. The second-order valence-electron chi connectivity index (χ2n) is 3.84. The van der Waals surface area contributed by atoms with Crippen molar-refractivity contribution in [2.45, 2.75) is 19.4 Å². The smallest absolute Gasteiger partial charge is 0.327 e. The molecule has 1 aliphatic rings. The van der Waals surface area contributed by atoms with Gasteiger partial charge in [0.2, 0.25) is 11.8 Å². The molecule has 0 aromatic carbocycles. The van der Waals surface area contributed by atoms with Crippen LogP contribution >= 0.6 is 11.8 Å². The molecule has 0 aromatic rings. The number of amides is 2. The Morgan fingerprint density at radius 2 is 2.06 bits per heavy atom. The Morgan fingerprint density at radius 3 is 2.47 bits per heavy atom. The summed E-state index contributed by atoms with van der Waals surface area (Å²) in [6.45, 7) is 2.87. The lowest BCUT2D eigenvalue weighted by Crippen LogP contribution is -2.44. The largest absolute Gasteiger partial charge is 0.480 e. The summed E-state index contributed by atoms with van der Waals surface area (Å²) in [4.78, 5) is 34.8. The summed E-state index contributed by atoms with van der Waals surface area (Å²) in [7, 11) is 0. The molecule has 1 saturated heterocycles. The summed E-state index contributed by atoms with van der Waals surface area (Å²) in [6, 6.07) is -0.929. The van der Waals surface area contributed by atoms with Crippen LogP contribution in [0.1, 0.15) is 13.3 Å². The van der Waals surface area contributed by atoms with E-state index in [9.17, 15) is 14.4 Å². The highest BCUT2D eigenvalue weighted by Crippen LogP contribution is 2.11. The minimum absolute atomic E-state index is 0.0354. The number of likely N-dealkylation sites (tertiary alicyclic amines) is 1. The van der Waals surface area contributed by atoms with E-state index in [-0.39, 0.29) is 23.3 Å². The minimum Gasteiger partial charge on any atom is -0.480 e. The third-order valence-corrected chi connectivity index (χ3v) is 3.41. The lowest BCUT2D eigenvalue weighted by atomic mass is 10.2. The van der Waals surface area contributed by atoms with Crippen LogP contribution in [0.25, 0.3) is 0 Å². The number of thioether (sulfide) groups is 1. The van der Waals surface area contributed by atoms with Gasteiger partial charge in [0.05, 0.1) is 5.75 Å². The molecular formula is C10H16N2O4S. The van der Waals surface area contributed by atoms with Crippen LogP contribution in [-0.4, -0.2) is 58.4 Å². The molecule has 2 N–H and O–H groups in total. The first-order valence-electron chi connectivity index (χ1n) is 5.36. The molecule has 1 atom stereocenters. The van der Waals surface area contributed by atoms with Crippen LogP contribution in [0.2, 0.25) is 0 Å². The van der Waals surface area contributed by atoms with Crippen LogP contribution in [-0.2, 0) is 14.4 Å². The molecular weight excluding hydrogens is 244 g/mol. The predicted octanol–water partition coefficient (Wildman–Crippen LogP) is -0.459. The summed E-state index contributed by atoms with van der Waals surface area (Å²) >= 11 is 1.23. The fourth-order valence-electron chi connectivity index (χ4n) is 1.34. The molecule has 0 aromatic heterocycles. The molecule has 0 unspecified atom stereocenters. The zero-order valence-corrected chi connectivity index (χ0v) is 10.5. The van der Waals surface area contributed by atoms with Gasteiger partial charge >= 0.3 is 5.97 Å². The Balaban J connectivity index is 2.24. The van der Waals surface area contributed by atoms with E-state index in [1.165, 1.54) is 18.7 Å². The van der Waals surface area contributed by atoms with Crippen molar-refractivity contribution in [2.75, 3.05) is 24.6 Å². The van der Waals surface area contributed by atoms with Gasteiger partial charge < -0.3 is 15.3 Å². The monoisotopic (exact) mass is 260 g/mol. The number of hydrogen-bond donors (Lipinski definition) is 2. The zero-order chi connectivity index (χ0) is 12.8. The zero-order valence-electron chi connectivity index (χ0n) is 9.64. The van der Waals surface area contributed by atoms with Crippen molar-refractivity contribution in [1.82, 2.24) is 10.2 Å².